The molecule has 1 aromatic rings. The van der Waals surface area contributed by atoms with Gasteiger partial charge in [-0.3, -0.25) is 4.79 Å². The lowest BCUT2D eigenvalue weighted by Gasteiger charge is -2.42. The minimum absolute atomic E-state index is 0.0110. The van der Waals surface area contributed by atoms with Crippen molar-refractivity contribution in [3.8, 4) is 0 Å². The molecule has 2 aliphatic rings. The van der Waals surface area contributed by atoms with Crippen LogP contribution in [0.5, 0.6) is 0 Å². The van der Waals surface area contributed by atoms with E-state index in [9.17, 15) is 4.79 Å². The van der Waals surface area contributed by atoms with Gasteiger partial charge in [0, 0.05) is 5.56 Å². The normalized spacial score (nSPS) is 34.4. The molecule has 0 aromatic heterocycles. The lowest BCUT2D eigenvalue weighted by molar-refractivity contribution is -0.0758. The summed E-state index contributed by atoms with van der Waals surface area (Å²) in [7, 11) is 0. The molecule has 17 heavy (non-hydrogen) atoms. The monoisotopic (exact) mass is 229 g/mol. The Labute approximate surface area is 100 Å². The molecule has 0 bridgehead atoms. The zero-order valence-electron chi connectivity index (χ0n) is 9.96. The minimum atomic E-state index is 0.0110. The first-order valence-corrected chi connectivity index (χ1v) is 6.03. The van der Waals surface area contributed by atoms with Crippen molar-refractivity contribution in [3.05, 3.63) is 35.9 Å². The molecule has 0 radical (unpaired) electrons. The van der Waals surface area contributed by atoms with Crippen molar-refractivity contribution in [2.24, 2.45) is 22.9 Å². The van der Waals surface area contributed by atoms with Crippen molar-refractivity contribution in [2.75, 3.05) is 0 Å². The number of carbonyl (C=O) groups excluding carboxylic acids is 1. The fourth-order valence-electron chi connectivity index (χ4n) is 2.78. The highest BCUT2D eigenvalue weighted by molar-refractivity contribution is 6.47. The molecule has 1 heterocycles. The third-order valence-corrected chi connectivity index (χ3v) is 4.13. The Hall–Kier alpha value is -1.64. The summed E-state index contributed by atoms with van der Waals surface area (Å²) in [5, 5.41) is 4.00. The highest BCUT2D eigenvalue weighted by Crippen LogP contribution is 2.46. The molecule has 1 saturated carbocycles. The first kappa shape index (κ1) is 10.5. The van der Waals surface area contributed by atoms with Crippen molar-refractivity contribution in [1.82, 2.24) is 0 Å². The number of benzene rings is 1. The van der Waals surface area contributed by atoms with E-state index in [1.54, 1.807) is 0 Å². The summed E-state index contributed by atoms with van der Waals surface area (Å²) in [6.07, 6.45) is 0.118. The third kappa shape index (κ3) is 1.42. The van der Waals surface area contributed by atoms with E-state index in [-0.39, 0.29) is 17.8 Å². The van der Waals surface area contributed by atoms with Crippen molar-refractivity contribution in [2.45, 2.75) is 20.0 Å². The standard InChI is InChI=1S/C14H15NO2/c1-8-9(2)14-11(8)12(15-17-14)13(16)10-6-4-3-5-7-10/h3-9,11,14H,1-2H3/t8-,9+,11+,14+/m1/s1. The van der Waals surface area contributed by atoms with Gasteiger partial charge in [-0.1, -0.05) is 49.3 Å². The molecule has 0 saturated heterocycles. The van der Waals surface area contributed by atoms with Crippen LogP contribution in [0.2, 0.25) is 0 Å². The number of ketones is 1. The van der Waals surface area contributed by atoms with E-state index in [4.69, 9.17) is 4.84 Å². The molecule has 1 fully saturated rings. The van der Waals surface area contributed by atoms with Gasteiger partial charge >= 0.3 is 0 Å². The minimum Gasteiger partial charge on any atom is -0.391 e. The van der Waals surface area contributed by atoms with E-state index in [0.717, 1.165) is 0 Å². The number of fused-ring (bicyclic) bond motifs is 1. The van der Waals surface area contributed by atoms with Crippen LogP contribution in [-0.4, -0.2) is 17.6 Å². The van der Waals surface area contributed by atoms with E-state index >= 15 is 0 Å². The van der Waals surface area contributed by atoms with E-state index in [1.165, 1.54) is 0 Å². The molecule has 1 aromatic carbocycles. The van der Waals surface area contributed by atoms with E-state index < -0.39 is 0 Å². The third-order valence-electron chi connectivity index (χ3n) is 4.13. The van der Waals surface area contributed by atoms with Crippen molar-refractivity contribution >= 4 is 11.5 Å². The number of carbonyl (C=O) groups is 1. The van der Waals surface area contributed by atoms with Crippen LogP contribution in [0.15, 0.2) is 35.5 Å². The summed E-state index contributed by atoms with van der Waals surface area (Å²) in [6.45, 7) is 4.31. The van der Waals surface area contributed by atoms with Crippen LogP contribution < -0.4 is 0 Å². The second kappa shape index (κ2) is 3.69. The van der Waals surface area contributed by atoms with Crippen LogP contribution in [0.1, 0.15) is 24.2 Å². The smallest absolute Gasteiger partial charge is 0.211 e. The van der Waals surface area contributed by atoms with Gasteiger partial charge in [0.1, 0.15) is 11.8 Å². The van der Waals surface area contributed by atoms with Crippen LogP contribution in [0.25, 0.3) is 0 Å². The topological polar surface area (TPSA) is 38.7 Å². The summed E-state index contributed by atoms with van der Waals surface area (Å²) in [6, 6.07) is 9.29. The predicted octanol–water partition coefficient (Wildman–Crippen LogP) is 2.53. The van der Waals surface area contributed by atoms with Crippen molar-refractivity contribution in [1.29, 1.82) is 0 Å². The maximum Gasteiger partial charge on any atom is 0.211 e. The molecule has 0 unspecified atom stereocenters. The van der Waals surface area contributed by atoms with Crippen molar-refractivity contribution < 1.29 is 9.63 Å². The Morgan fingerprint density at radius 1 is 1.18 bits per heavy atom. The van der Waals surface area contributed by atoms with Crippen LogP contribution in [-0.2, 0) is 4.84 Å². The first-order valence-electron chi connectivity index (χ1n) is 6.03. The average Bonchev–Trinajstić information content (AvgIpc) is 2.79. The number of nitrogens with zero attached hydrogens (tertiary/aromatic N) is 1. The van der Waals surface area contributed by atoms with Gasteiger partial charge in [0.2, 0.25) is 5.78 Å². The molecule has 1 aliphatic carbocycles. The van der Waals surface area contributed by atoms with Crippen LogP contribution >= 0.6 is 0 Å². The van der Waals surface area contributed by atoms with Crippen molar-refractivity contribution in [3.63, 3.8) is 0 Å². The van der Waals surface area contributed by atoms with Gasteiger partial charge < -0.3 is 4.84 Å². The number of rotatable bonds is 2. The average molecular weight is 229 g/mol. The summed E-state index contributed by atoms with van der Waals surface area (Å²) >= 11 is 0. The molecule has 88 valence electrons. The summed E-state index contributed by atoms with van der Waals surface area (Å²) < 4.78 is 0. The molecule has 0 spiro atoms. The highest BCUT2D eigenvalue weighted by Gasteiger charge is 2.55. The zero-order valence-corrected chi connectivity index (χ0v) is 9.96. The Morgan fingerprint density at radius 2 is 1.88 bits per heavy atom. The fourth-order valence-corrected chi connectivity index (χ4v) is 2.78. The van der Waals surface area contributed by atoms with Gasteiger partial charge in [-0.2, -0.15) is 0 Å². The molecule has 0 N–H and O–H groups in total. The fraction of sp³-hybridized carbons (Fsp3) is 0.429. The summed E-state index contributed by atoms with van der Waals surface area (Å²) in [4.78, 5) is 17.6. The Morgan fingerprint density at radius 3 is 2.59 bits per heavy atom. The largest absolute Gasteiger partial charge is 0.391 e. The Kier molecular flexibility index (Phi) is 2.28. The molecule has 3 heteroatoms. The predicted molar refractivity (Wildman–Crippen MR) is 64.9 cm³/mol. The SMILES string of the molecule is C[C@@H]1[C@H](C)[C@@H]2ON=C(C(=O)c3ccccc3)[C@H]12. The maximum atomic E-state index is 12.3. The molecular formula is C14H15NO2. The second-order valence-electron chi connectivity index (χ2n) is 4.99. The summed E-state index contributed by atoms with van der Waals surface area (Å²) in [5.74, 6) is 1.17. The number of Topliss-reactive ketones (excluding diaryl/α,β-unsaturated/α-hetero) is 1. The Balaban J connectivity index is 1.85. The van der Waals surface area contributed by atoms with Crippen LogP contribution in [0, 0.1) is 17.8 Å². The van der Waals surface area contributed by atoms with Gasteiger partial charge in [-0.25, -0.2) is 0 Å². The van der Waals surface area contributed by atoms with E-state index in [0.29, 0.717) is 23.1 Å². The summed E-state index contributed by atoms with van der Waals surface area (Å²) in [5.41, 5.74) is 1.30. The molecule has 0 amide bonds. The van der Waals surface area contributed by atoms with Crippen LogP contribution in [0.3, 0.4) is 0 Å². The van der Waals surface area contributed by atoms with Gasteiger partial charge in [-0.15, -0.1) is 0 Å². The van der Waals surface area contributed by atoms with Gasteiger partial charge in [0.25, 0.3) is 0 Å². The number of hydrogen-bond donors (Lipinski definition) is 0. The molecule has 1 aliphatic heterocycles. The molecule has 3 rings (SSSR count). The van der Waals surface area contributed by atoms with Gasteiger partial charge in [-0.05, 0) is 11.8 Å². The highest BCUT2D eigenvalue weighted by atomic mass is 16.6. The maximum absolute atomic E-state index is 12.3. The van der Waals surface area contributed by atoms with E-state index in [2.05, 4.69) is 19.0 Å². The Bertz CT molecular complexity index is 480. The number of hydrogen-bond acceptors (Lipinski definition) is 3. The lowest BCUT2D eigenvalue weighted by atomic mass is 9.62. The molecule has 3 nitrogen and oxygen atoms in total. The first-order chi connectivity index (χ1) is 8.20. The molecular weight excluding hydrogens is 214 g/mol. The van der Waals surface area contributed by atoms with Crippen LogP contribution in [0.4, 0.5) is 0 Å². The second-order valence-corrected chi connectivity index (χ2v) is 4.99. The zero-order chi connectivity index (χ0) is 12.0. The quantitative estimate of drug-likeness (QED) is 0.731. The van der Waals surface area contributed by atoms with Gasteiger partial charge in [0.05, 0.1) is 5.92 Å². The number of oxime groups is 1. The van der Waals surface area contributed by atoms with Gasteiger partial charge in [0.15, 0.2) is 0 Å². The van der Waals surface area contributed by atoms with E-state index in [1.807, 2.05) is 30.3 Å². The molecule has 4 atom stereocenters. The lowest BCUT2D eigenvalue weighted by Crippen LogP contribution is -2.51.